The summed E-state index contributed by atoms with van der Waals surface area (Å²) in [5, 5.41) is 8.89. The maximum absolute atomic E-state index is 12.9. The molecule has 2 aromatic carbocycles. The van der Waals surface area contributed by atoms with Crippen molar-refractivity contribution in [2.75, 3.05) is 45.3 Å². The Bertz CT molecular complexity index is 1150. The molecule has 2 amide bonds. The summed E-state index contributed by atoms with van der Waals surface area (Å²) >= 11 is 1.28. The van der Waals surface area contributed by atoms with E-state index in [1.54, 1.807) is 19.2 Å². The highest BCUT2D eigenvalue weighted by atomic mass is 32.2. The number of hydrogen-bond acceptors (Lipinski definition) is 8. The van der Waals surface area contributed by atoms with Crippen LogP contribution in [0.1, 0.15) is 50.7 Å². The van der Waals surface area contributed by atoms with Crippen LogP contribution in [0.4, 0.5) is 15.3 Å². The molecule has 0 saturated carbocycles. The van der Waals surface area contributed by atoms with Crippen molar-refractivity contribution in [3.05, 3.63) is 53.6 Å². The number of hydrazone groups is 1. The number of thioether (sulfide) groups is 1. The van der Waals surface area contributed by atoms with Gasteiger partial charge in [-0.15, -0.1) is 0 Å². The monoisotopic (exact) mass is 554 g/mol. The van der Waals surface area contributed by atoms with Gasteiger partial charge in [-0.05, 0) is 81.6 Å². The molecular weight excluding hydrogens is 516 g/mol. The fourth-order valence-electron chi connectivity index (χ4n) is 4.68. The van der Waals surface area contributed by atoms with E-state index >= 15 is 0 Å². The summed E-state index contributed by atoms with van der Waals surface area (Å²) < 4.78 is 16.5. The summed E-state index contributed by atoms with van der Waals surface area (Å²) in [4.78, 5) is 27.4. The first-order chi connectivity index (χ1) is 19.0. The summed E-state index contributed by atoms with van der Waals surface area (Å²) in [6, 6.07) is 13.1. The van der Waals surface area contributed by atoms with E-state index in [0.717, 1.165) is 49.3 Å². The molecule has 0 aromatic heterocycles. The molecule has 10 heteroatoms. The van der Waals surface area contributed by atoms with Crippen LogP contribution in [-0.4, -0.2) is 72.2 Å². The van der Waals surface area contributed by atoms with Crippen LogP contribution in [-0.2, 0) is 11.3 Å². The average molecular weight is 555 g/mol. The number of carbonyl (C=O) groups is 2. The molecule has 1 atom stereocenters. The zero-order valence-corrected chi connectivity index (χ0v) is 23.8. The van der Waals surface area contributed by atoms with Gasteiger partial charge < -0.3 is 19.1 Å². The van der Waals surface area contributed by atoms with E-state index in [2.05, 4.69) is 10.2 Å². The van der Waals surface area contributed by atoms with Gasteiger partial charge in [-0.2, -0.15) is 5.10 Å². The lowest BCUT2D eigenvalue weighted by atomic mass is 10.0. The highest BCUT2D eigenvalue weighted by Gasteiger charge is 2.30. The van der Waals surface area contributed by atoms with Crippen molar-refractivity contribution >= 4 is 34.5 Å². The van der Waals surface area contributed by atoms with Crippen LogP contribution >= 0.6 is 11.8 Å². The Morgan fingerprint density at radius 1 is 1.10 bits per heavy atom. The molecule has 0 radical (unpaired) electrons. The average Bonchev–Trinajstić information content (AvgIpc) is 3.47. The Balaban J connectivity index is 1.36. The van der Waals surface area contributed by atoms with Crippen LogP contribution < -0.4 is 14.8 Å². The third-order valence-electron chi connectivity index (χ3n) is 6.70. The van der Waals surface area contributed by atoms with Gasteiger partial charge in [-0.1, -0.05) is 30.8 Å². The molecule has 0 aliphatic carbocycles. The fourth-order valence-corrected chi connectivity index (χ4v) is 5.61. The van der Waals surface area contributed by atoms with Gasteiger partial charge in [0.2, 0.25) is 0 Å². The van der Waals surface area contributed by atoms with Crippen LogP contribution in [0.5, 0.6) is 11.5 Å². The molecule has 9 nitrogen and oxygen atoms in total. The van der Waals surface area contributed by atoms with Gasteiger partial charge in [0.05, 0.1) is 37.8 Å². The number of anilines is 1. The first kappa shape index (κ1) is 28.8. The van der Waals surface area contributed by atoms with Gasteiger partial charge in [0.25, 0.3) is 0 Å². The minimum atomic E-state index is -0.461. The highest BCUT2D eigenvalue weighted by Crippen LogP contribution is 2.34. The zero-order valence-electron chi connectivity index (χ0n) is 23.0. The highest BCUT2D eigenvalue weighted by molar-refractivity contribution is 8.14. The maximum atomic E-state index is 12.9. The van der Waals surface area contributed by atoms with Crippen molar-refractivity contribution < 1.29 is 23.8 Å². The molecule has 1 saturated heterocycles. The Morgan fingerprint density at radius 2 is 1.87 bits per heavy atom. The molecule has 2 aliphatic rings. The van der Waals surface area contributed by atoms with Gasteiger partial charge in [0.15, 0.2) is 11.5 Å². The molecule has 2 aliphatic heterocycles. The van der Waals surface area contributed by atoms with Crippen molar-refractivity contribution in [2.24, 2.45) is 5.10 Å². The molecule has 1 N–H and O–H groups in total. The predicted molar refractivity (Wildman–Crippen MR) is 155 cm³/mol. The second kappa shape index (κ2) is 14.2. The molecule has 1 unspecified atom stereocenters. The van der Waals surface area contributed by atoms with Crippen molar-refractivity contribution in [1.29, 1.82) is 0 Å². The Morgan fingerprint density at radius 3 is 2.56 bits per heavy atom. The van der Waals surface area contributed by atoms with Crippen molar-refractivity contribution in [3.63, 3.8) is 0 Å². The lowest BCUT2D eigenvalue weighted by molar-refractivity contribution is 0.154. The molecule has 210 valence electrons. The van der Waals surface area contributed by atoms with Gasteiger partial charge in [-0.25, -0.2) is 9.80 Å². The van der Waals surface area contributed by atoms with Crippen LogP contribution in [0.2, 0.25) is 0 Å². The van der Waals surface area contributed by atoms with Gasteiger partial charge >= 0.3 is 11.3 Å². The van der Waals surface area contributed by atoms with E-state index in [-0.39, 0.29) is 10.5 Å². The molecule has 2 aromatic rings. The first-order valence-electron chi connectivity index (χ1n) is 13.6. The van der Waals surface area contributed by atoms with E-state index in [1.807, 2.05) is 44.2 Å². The molecule has 2 heterocycles. The first-order valence-corrected chi connectivity index (χ1v) is 14.5. The predicted octanol–water partition coefficient (Wildman–Crippen LogP) is 5.98. The molecule has 1 fully saturated rings. The van der Waals surface area contributed by atoms with Gasteiger partial charge in [0.1, 0.15) is 0 Å². The molecule has 0 bridgehead atoms. The summed E-state index contributed by atoms with van der Waals surface area (Å²) in [5.41, 5.74) is 3.27. The van der Waals surface area contributed by atoms with Gasteiger partial charge in [-0.3, -0.25) is 10.1 Å². The number of nitrogens with zero attached hydrogens (tertiary/aromatic N) is 3. The summed E-state index contributed by atoms with van der Waals surface area (Å²) in [5.74, 6) is 1.31. The largest absolute Gasteiger partial charge is 0.493 e. The number of nitrogens with one attached hydrogen (secondary N) is 1. The summed E-state index contributed by atoms with van der Waals surface area (Å²) in [7, 11) is 1.61. The van der Waals surface area contributed by atoms with E-state index in [4.69, 9.17) is 19.3 Å². The Hall–Kier alpha value is -3.24. The van der Waals surface area contributed by atoms with E-state index in [1.165, 1.54) is 29.6 Å². The minimum Gasteiger partial charge on any atom is -0.493 e. The third-order valence-corrected chi connectivity index (χ3v) is 7.95. The Kier molecular flexibility index (Phi) is 10.5. The number of rotatable bonds is 12. The smallest absolute Gasteiger partial charge is 0.411 e. The van der Waals surface area contributed by atoms with Crippen molar-refractivity contribution in [3.8, 4) is 11.5 Å². The topological polar surface area (TPSA) is 92.7 Å². The number of methoxy groups -OCH3 is 1. The number of hydrogen-bond donors (Lipinski definition) is 1. The lowest BCUT2D eigenvalue weighted by Crippen LogP contribution is -2.34. The van der Waals surface area contributed by atoms with E-state index < -0.39 is 6.09 Å². The Labute approximate surface area is 234 Å². The number of carbonyl (C=O) groups excluding carboxylic acids is 2. The number of likely N-dealkylation sites (tertiary alicyclic amines) is 1. The lowest BCUT2D eigenvalue weighted by Gasteiger charge is -2.28. The van der Waals surface area contributed by atoms with E-state index in [9.17, 15) is 9.59 Å². The summed E-state index contributed by atoms with van der Waals surface area (Å²) in [6.07, 6.45) is 3.66. The van der Waals surface area contributed by atoms with E-state index in [0.29, 0.717) is 36.9 Å². The van der Waals surface area contributed by atoms with Crippen LogP contribution in [0.3, 0.4) is 0 Å². The quantitative estimate of drug-likeness (QED) is 0.323. The van der Waals surface area contributed by atoms with Crippen molar-refractivity contribution in [2.45, 2.75) is 51.3 Å². The SMILES string of the molecule is CCOc1cc(C2=NN(Cc3ccc(NC(=O)OCCCN4CCCC4)cc3)C(=O)SC2CC)ccc1OC. The van der Waals surface area contributed by atoms with Crippen LogP contribution in [0.25, 0.3) is 0 Å². The number of ether oxygens (including phenoxy) is 3. The number of benzene rings is 2. The maximum Gasteiger partial charge on any atom is 0.411 e. The second-order valence-corrected chi connectivity index (χ2v) is 10.6. The van der Waals surface area contributed by atoms with Gasteiger partial charge in [0, 0.05) is 17.8 Å². The molecular formula is C29H38N4O5S. The van der Waals surface area contributed by atoms with Crippen LogP contribution in [0, 0.1) is 0 Å². The normalized spacial score (nSPS) is 17.6. The molecule has 0 spiro atoms. The third kappa shape index (κ3) is 7.89. The standard InChI is InChI=1S/C29H38N4O5S/c1-4-26-27(22-11-14-24(36-3)25(19-22)37-5-2)31-33(29(35)39-26)20-21-9-12-23(13-10-21)30-28(34)38-18-8-17-32-15-6-7-16-32/h9-14,19,26H,4-8,15-18,20H2,1-3H3,(H,30,34). The number of amides is 2. The summed E-state index contributed by atoms with van der Waals surface area (Å²) in [6.45, 7) is 8.46. The molecule has 4 rings (SSSR count). The zero-order chi connectivity index (χ0) is 27.6. The second-order valence-electron chi connectivity index (χ2n) is 9.48. The fraction of sp³-hybridized carbons (Fsp3) is 0.483. The molecule has 39 heavy (non-hydrogen) atoms. The van der Waals surface area contributed by atoms with Crippen LogP contribution in [0.15, 0.2) is 47.6 Å². The van der Waals surface area contributed by atoms with Crippen molar-refractivity contribution in [1.82, 2.24) is 9.91 Å². The minimum absolute atomic E-state index is 0.0513.